The number of rotatable bonds is 5. The number of nitrogens with one attached hydrogen (secondary N) is 1. The van der Waals surface area contributed by atoms with Gasteiger partial charge in [0.1, 0.15) is 22.2 Å². The molecule has 0 saturated carbocycles. The zero-order chi connectivity index (χ0) is 18.0. The van der Waals surface area contributed by atoms with Gasteiger partial charge in [0.2, 0.25) is 0 Å². The molecule has 0 spiro atoms. The van der Waals surface area contributed by atoms with Crippen LogP contribution in [0.3, 0.4) is 0 Å². The second-order valence-electron chi connectivity index (χ2n) is 5.71. The van der Waals surface area contributed by atoms with Crippen molar-refractivity contribution < 1.29 is 13.7 Å². The fraction of sp³-hybridized carbons (Fsp3) is 0.235. The lowest BCUT2D eigenvalue weighted by atomic mass is 10.1. The van der Waals surface area contributed by atoms with Crippen LogP contribution in [0.1, 0.15) is 30.1 Å². The SMILES string of the molecule is CC(C)NC(=O)c1csc(-c2c(-c3ccc(F)cc3)noc2CN)n1. The van der Waals surface area contributed by atoms with Crippen LogP contribution in [0.4, 0.5) is 4.39 Å². The molecule has 130 valence electrons. The van der Waals surface area contributed by atoms with Gasteiger partial charge in [-0.1, -0.05) is 5.16 Å². The summed E-state index contributed by atoms with van der Waals surface area (Å²) in [7, 11) is 0. The number of nitrogens with two attached hydrogens (primary N) is 1. The molecule has 6 nitrogen and oxygen atoms in total. The van der Waals surface area contributed by atoms with Crippen LogP contribution in [0.2, 0.25) is 0 Å². The van der Waals surface area contributed by atoms with Crippen molar-refractivity contribution in [2.75, 3.05) is 0 Å². The van der Waals surface area contributed by atoms with Crippen molar-refractivity contribution in [2.24, 2.45) is 5.73 Å². The van der Waals surface area contributed by atoms with Gasteiger partial charge in [-0.15, -0.1) is 11.3 Å². The summed E-state index contributed by atoms with van der Waals surface area (Å²) >= 11 is 1.30. The number of thiazole rings is 1. The molecule has 2 aromatic heterocycles. The van der Waals surface area contributed by atoms with E-state index in [0.29, 0.717) is 33.3 Å². The van der Waals surface area contributed by atoms with Crippen LogP contribution >= 0.6 is 11.3 Å². The molecule has 2 heterocycles. The molecule has 8 heteroatoms. The third-order valence-electron chi connectivity index (χ3n) is 3.44. The Morgan fingerprint density at radius 3 is 2.72 bits per heavy atom. The number of halogens is 1. The molecule has 0 atom stereocenters. The maximum atomic E-state index is 13.2. The maximum absolute atomic E-state index is 13.2. The van der Waals surface area contributed by atoms with Gasteiger partial charge in [0, 0.05) is 17.0 Å². The van der Waals surface area contributed by atoms with Crippen LogP contribution in [0.15, 0.2) is 34.2 Å². The molecule has 0 unspecified atom stereocenters. The summed E-state index contributed by atoms with van der Waals surface area (Å²) in [6.45, 7) is 3.89. The Hall–Kier alpha value is -2.58. The van der Waals surface area contributed by atoms with Crippen molar-refractivity contribution in [1.29, 1.82) is 0 Å². The third kappa shape index (κ3) is 3.59. The number of benzene rings is 1. The van der Waals surface area contributed by atoms with Crippen LogP contribution in [0, 0.1) is 5.82 Å². The number of nitrogens with zero attached hydrogens (tertiary/aromatic N) is 2. The predicted molar refractivity (Wildman–Crippen MR) is 93.5 cm³/mol. The van der Waals surface area contributed by atoms with Crippen molar-refractivity contribution >= 4 is 17.2 Å². The lowest BCUT2D eigenvalue weighted by Crippen LogP contribution is -2.30. The van der Waals surface area contributed by atoms with E-state index in [4.69, 9.17) is 10.3 Å². The van der Waals surface area contributed by atoms with Gasteiger partial charge >= 0.3 is 0 Å². The number of aromatic nitrogens is 2. The first-order valence-electron chi connectivity index (χ1n) is 7.71. The van der Waals surface area contributed by atoms with E-state index < -0.39 is 0 Å². The molecule has 0 aliphatic carbocycles. The second kappa shape index (κ2) is 7.12. The molecule has 3 N–H and O–H groups in total. The van der Waals surface area contributed by atoms with Gasteiger partial charge < -0.3 is 15.6 Å². The minimum atomic E-state index is -0.338. The Kier molecular flexibility index (Phi) is 4.91. The average molecular weight is 360 g/mol. The van der Waals surface area contributed by atoms with Gasteiger partial charge in [0.05, 0.1) is 12.1 Å². The number of hydrogen-bond acceptors (Lipinski definition) is 6. The first-order valence-corrected chi connectivity index (χ1v) is 8.59. The van der Waals surface area contributed by atoms with E-state index in [0.717, 1.165) is 0 Å². The molecule has 3 aromatic rings. The Bertz CT molecular complexity index is 886. The molecule has 0 saturated heterocycles. The summed E-state index contributed by atoms with van der Waals surface area (Å²) in [5.74, 6) is -0.120. The summed E-state index contributed by atoms with van der Waals surface area (Å²) in [5.41, 5.74) is 7.89. The smallest absolute Gasteiger partial charge is 0.270 e. The predicted octanol–water partition coefficient (Wildman–Crippen LogP) is 3.20. The highest BCUT2D eigenvalue weighted by Crippen LogP contribution is 2.36. The van der Waals surface area contributed by atoms with Crippen LogP contribution in [0.25, 0.3) is 21.8 Å². The number of amides is 1. The van der Waals surface area contributed by atoms with Crippen molar-refractivity contribution in [3.8, 4) is 21.8 Å². The number of hydrogen-bond donors (Lipinski definition) is 2. The fourth-order valence-corrected chi connectivity index (χ4v) is 3.18. The van der Waals surface area contributed by atoms with Gasteiger partial charge in [-0.05, 0) is 38.1 Å². The molecule has 0 aliphatic heterocycles. The molecular weight excluding hydrogens is 343 g/mol. The summed E-state index contributed by atoms with van der Waals surface area (Å²) in [6.07, 6.45) is 0. The quantitative estimate of drug-likeness (QED) is 0.729. The molecule has 25 heavy (non-hydrogen) atoms. The largest absolute Gasteiger partial charge is 0.359 e. The minimum Gasteiger partial charge on any atom is -0.359 e. The van der Waals surface area contributed by atoms with Crippen molar-refractivity contribution in [2.45, 2.75) is 26.4 Å². The zero-order valence-electron chi connectivity index (χ0n) is 13.7. The van der Waals surface area contributed by atoms with Crippen molar-refractivity contribution in [3.05, 3.63) is 46.9 Å². The Morgan fingerprint density at radius 2 is 2.08 bits per heavy atom. The number of carbonyl (C=O) groups excluding carboxylic acids is 1. The Balaban J connectivity index is 2.02. The summed E-state index contributed by atoms with van der Waals surface area (Å²) in [5, 5.41) is 9.11. The van der Waals surface area contributed by atoms with Crippen LogP contribution < -0.4 is 11.1 Å². The first-order chi connectivity index (χ1) is 12.0. The maximum Gasteiger partial charge on any atom is 0.270 e. The van der Waals surface area contributed by atoms with Gasteiger partial charge in [0.25, 0.3) is 5.91 Å². The van der Waals surface area contributed by atoms with Crippen LogP contribution in [0.5, 0.6) is 0 Å². The summed E-state index contributed by atoms with van der Waals surface area (Å²) < 4.78 is 18.5. The Labute approximate surface area is 147 Å². The van der Waals surface area contributed by atoms with Gasteiger partial charge in [-0.2, -0.15) is 0 Å². The van der Waals surface area contributed by atoms with Crippen molar-refractivity contribution in [3.63, 3.8) is 0 Å². The highest BCUT2D eigenvalue weighted by molar-refractivity contribution is 7.13. The van der Waals surface area contributed by atoms with Crippen LogP contribution in [-0.4, -0.2) is 22.1 Å². The standard InChI is InChI=1S/C17H17FN4O2S/c1-9(2)20-16(23)12-8-25-17(21-12)14-13(7-19)24-22-15(14)10-3-5-11(18)6-4-10/h3-6,8-9H,7,19H2,1-2H3,(H,20,23). The van der Waals surface area contributed by atoms with E-state index in [-0.39, 0.29) is 24.3 Å². The summed E-state index contributed by atoms with van der Waals surface area (Å²) in [6, 6.07) is 5.93. The second-order valence-corrected chi connectivity index (χ2v) is 6.56. The lowest BCUT2D eigenvalue weighted by molar-refractivity contribution is 0.0939. The summed E-state index contributed by atoms with van der Waals surface area (Å²) in [4.78, 5) is 16.5. The lowest BCUT2D eigenvalue weighted by Gasteiger charge is -2.05. The minimum absolute atomic E-state index is 0.0163. The first kappa shape index (κ1) is 17.2. The van der Waals surface area contributed by atoms with E-state index in [2.05, 4.69) is 15.5 Å². The molecule has 0 aliphatic rings. The molecule has 0 fully saturated rings. The fourth-order valence-electron chi connectivity index (χ4n) is 2.32. The highest BCUT2D eigenvalue weighted by Gasteiger charge is 2.22. The van der Waals surface area contributed by atoms with E-state index in [1.165, 1.54) is 23.5 Å². The van der Waals surface area contributed by atoms with E-state index >= 15 is 0 Å². The zero-order valence-corrected chi connectivity index (χ0v) is 14.6. The number of carbonyl (C=O) groups is 1. The third-order valence-corrected chi connectivity index (χ3v) is 4.30. The van der Waals surface area contributed by atoms with E-state index in [1.54, 1.807) is 17.5 Å². The molecule has 3 rings (SSSR count). The molecule has 1 aromatic carbocycles. The van der Waals surface area contributed by atoms with E-state index in [1.807, 2.05) is 13.8 Å². The molecule has 0 radical (unpaired) electrons. The molecule has 0 bridgehead atoms. The van der Waals surface area contributed by atoms with Gasteiger partial charge in [-0.3, -0.25) is 4.79 Å². The van der Waals surface area contributed by atoms with E-state index in [9.17, 15) is 9.18 Å². The average Bonchev–Trinajstić information content (AvgIpc) is 3.21. The monoisotopic (exact) mass is 360 g/mol. The van der Waals surface area contributed by atoms with Crippen molar-refractivity contribution in [1.82, 2.24) is 15.5 Å². The van der Waals surface area contributed by atoms with Gasteiger partial charge in [0.15, 0.2) is 5.76 Å². The Morgan fingerprint density at radius 1 is 1.36 bits per heavy atom. The molecule has 1 amide bonds. The normalized spacial score (nSPS) is 11.1. The molecular formula is C17H17FN4O2S. The van der Waals surface area contributed by atoms with Gasteiger partial charge in [-0.25, -0.2) is 9.37 Å². The topological polar surface area (TPSA) is 94.0 Å². The van der Waals surface area contributed by atoms with Crippen LogP contribution in [-0.2, 0) is 6.54 Å². The highest BCUT2D eigenvalue weighted by atomic mass is 32.1.